The van der Waals surface area contributed by atoms with Crippen LogP contribution >= 0.6 is 0 Å². The van der Waals surface area contributed by atoms with Crippen molar-refractivity contribution in [2.24, 2.45) is 35.3 Å². The summed E-state index contributed by atoms with van der Waals surface area (Å²) in [6, 6.07) is 5.87. The summed E-state index contributed by atoms with van der Waals surface area (Å²) < 4.78 is 11.4. The number of hydrogen-bond acceptors (Lipinski definition) is 11. The Morgan fingerprint density at radius 1 is 1.04 bits per heavy atom. The van der Waals surface area contributed by atoms with E-state index in [1.165, 1.54) is 11.0 Å². The lowest BCUT2D eigenvalue weighted by molar-refractivity contribution is -0.181. The van der Waals surface area contributed by atoms with Crippen molar-refractivity contribution in [3.63, 3.8) is 0 Å². The molecule has 2 aliphatic heterocycles. The van der Waals surface area contributed by atoms with Crippen molar-refractivity contribution < 1.29 is 43.7 Å². The van der Waals surface area contributed by atoms with Crippen LogP contribution < -0.4 is 15.2 Å². The molecule has 0 spiro atoms. The molecule has 2 aromatic carbocycles. The Bertz CT molecular complexity index is 1730. The van der Waals surface area contributed by atoms with Gasteiger partial charge in [-0.1, -0.05) is 13.0 Å². The Labute approximate surface area is 271 Å². The standard InChI is InChI=1S/C35H39N3O9/c1-16-6-8-38(9-7-16)14-18-12-24-25(47-15-46-24)13-20(18)19-4-5-23(39)27-21(19)10-17-11-22-29(37(2)3)31(41)28(34(36)44)33(43)35(22,45)32(42)26(17)30(27)40/h4-5,12-13,16-17,22,26,28-29,39,45H,6-11,14-15H2,1-3H3,(H2,36,44)/t17-,22-,26?,28?,29-,35-/m0/s1. The number of primary amides is 1. The molecule has 7 rings (SSSR count). The molecule has 4 N–H and O–H groups in total. The molecule has 6 atom stereocenters. The number of ether oxygens (including phenoxy) is 2. The number of phenols is 1. The summed E-state index contributed by atoms with van der Waals surface area (Å²) in [6.07, 6.45) is 2.34. The molecule has 12 heteroatoms. The van der Waals surface area contributed by atoms with Crippen molar-refractivity contribution in [3.8, 4) is 28.4 Å². The summed E-state index contributed by atoms with van der Waals surface area (Å²) in [4.78, 5) is 71.6. The Hall–Kier alpha value is -4.13. The number of nitrogens with two attached hydrogens (primary N) is 1. The van der Waals surface area contributed by atoms with Gasteiger partial charge in [0, 0.05) is 12.5 Å². The number of Topliss-reactive ketones (excluding diaryl/α,β-unsaturated/α-hetero) is 4. The maximum absolute atomic E-state index is 14.3. The Morgan fingerprint density at radius 3 is 2.38 bits per heavy atom. The highest BCUT2D eigenvalue weighted by atomic mass is 16.7. The minimum absolute atomic E-state index is 0.0149. The van der Waals surface area contributed by atoms with Crippen molar-refractivity contribution in [2.75, 3.05) is 34.0 Å². The summed E-state index contributed by atoms with van der Waals surface area (Å²) in [7, 11) is 3.13. The van der Waals surface area contributed by atoms with Crippen LogP contribution in [0, 0.1) is 29.6 Å². The fourth-order valence-electron chi connectivity index (χ4n) is 8.68. The maximum atomic E-state index is 14.3. The van der Waals surface area contributed by atoms with Crippen LogP contribution in [0.3, 0.4) is 0 Å². The summed E-state index contributed by atoms with van der Waals surface area (Å²) in [6.45, 7) is 4.86. The molecule has 47 heavy (non-hydrogen) atoms. The molecule has 248 valence electrons. The van der Waals surface area contributed by atoms with Gasteiger partial charge in [-0.15, -0.1) is 0 Å². The third kappa shape index (κ3) is 4.71. The van der Waals surface area contributed by atoms with E-state index in [4.69, 9.17) is 15.2 Å². The minimum Gasteiger partial charge on any atom is -0.507 e. The number of fused-ring (bicyclic) bond motifs is 4. The number of likely N-dealkylation sites (tertiary alicyclic amines) is 1. The number of amides is 1. The van der Waals surface area contributed by atoms with Gasteiger partial charge in [-0.05, 0) is 105 Å². The smallest absolute Gasteiger partial charge is 0.235 e. The SMILES string of the molecule is CC1CCN(Cc2cc3c(cc2-c2ccc(O)c4c2C[C@H]2C[C@H]5[C@H](N(C)C)C(=O)C(C(N)=O)C(=O)[C@@]5(O)C(=O)C2C4=O)OCO3)CC1. The van der Waals surface area contributed by atoms with E-state index in [0.29, 0.717) is 35.1 Å². The largest absolute Gasteiger partial charge is 0.507 e. The number of aromatic hydroxyl groups is 1. The summed E-state index contributed by atoms with van der Waals surface area (Å²) in [5.41, 5.74) is 5.65. The Balaban J connectivity index is 1.33. The molecule has 3 aliphatic carbocycles. The number of ketones is 4. The van der Waals surface area contributed by atoms with Crippen molar-refractivity contribution >= 4 is 29.0 Å². The quantitative estimate of drug-likeness (QED) is 0.402. The van der Waals surface area contributed by atoms with Crippen LogP contribution in [0.15, 0.2) is 24.3 Å². The molecule has 2 saturated carbocycles. The predicted octanol–water partition coefficient (Wildman–Crippen LogP) is 1.49. The van der Waals surface area contributed by atoms with Crippen LogP contribution in [0.4, 0.5) is 0 Å². The number of aliphatic hydroxyl groups is 1. The fraction of sp³-hybridized carbons (Fsp3) is 0.514. The first-order valence-electron chi connectivity index (χ1n) is 16.2. The predicted molar refractivity (Wildman–Crippen MR) is 167 cm³/mol. The van der Waals surface area contributed by atoms with E-state index < -0.39 is 64.4 Å². The first-order valence-corrected chi connectivity index (χ1v) is 16.2. The average Bonchev–Trinajstić information content (AvgIpc) is 3.47. The first-order chi connectivity index (χ1) is 22.3. The molecular weight excluding hydrogens is 606 g/mol. The van der Waals surface area contributed by atoms with Crippen LogP contribution in [0.1, 0.15) is 47.7 Å². The number of nitrogens with zero attached hydrogens (tertiary/aromatic N) is 2. The monoisotopic (exact) mass is 645 g/mol. The molecule has 0 bridgehead atoms. The molecule has 12 nitrogen and oxygen atoms in total. The van der Waals surface area contributed by atoms with Crippen LogP contribution in [0.2, 0.25) is 0 Å². The van der Waals surface area contributed by atoms with Crippen molar-refractivity contribution in [1.29, 1.82) is 0 Å². The second-order valence-electron chi connectivity index (χ2n) is 14.1. The topological polar surface area (TPSA) is 177 Å². The van der Waals surface area contributed by atoms with Crippen molar-refractivity contribution in [3.05, 3.63) is 41.0 Å². The van der Waals surface area contributed by atoms with Crippen LogP contribution in [-0.4, -0.2) is 94.7 Å². The van der Waals surface area contributed by atoms with Gasteiger partial charge >= 0.3 is 0 Å². The van der Waals surface area contributed by atoms with Gasteiger partial charge in [-0.2, -0.15) is 0 Å². The summed E-state index contributed by atoms with van der Waals surface area (Å²) in [5.74, 6) is -8.87. The fourth-order valence-corrected chi connectivity index (χ4v) is 8.68. The highest BCUT2D eigenvalue weighted by Gasteiger charge is 2.69. The van der Waals surface area contributed by atoms with Gasteiger partial charge in [0.1, 0.15) is 5.75 Å². The summed E-state index contributed by atoms with van der Waals surface area (Å²) >= 11 is 0. The minimum atomic E-state index is -2.76. The van der Waals surface area contributed by atoms with Gasteiger partial charge in [-0.3, -0.25) is 33.8 Å². The maximum Gasteiger partial charge on any atom is 0.235 e. The highest BCUT2D eigenvalue weighted by Crippen LogP contribution is 2.52. The Kier molecular flexibility index (Phi) is 7.53. The molecule has 2 aromatic rings. The molecule has 5 aliphatic rings. The number of phenolic OH excluding ortho intramolecular Hbond substituents is 1. The van der Waals surface area contributed by atoms with E-state index in [-0.39, 0.29) is 30.9 Å². The van der Waals surface area contributed by atoms with Crippen molar-refractivity contribution in [2.45, 2.75) is 50.8 Å². The third-order valence-corrected chi connectivity index (χ3v) is 11.1. The van der Waals surface area contributed by atoms with Gasteiger partial charge in [0.2, 0.25) is 12.7 Å². The van der Waals surface area contributed by atoms with Crippen LogP contribution in [0.25, 0.3) is 11.1 Å². The number of hydrogen-bond donors (Lipinski definition) is 3. The molecule has 0 radical (unpaired) electrons. The lowest BCUT2D eigenvalue weighted by Gasteiger charge is -2.52. The van der Waals surface area contributed by atoms with Crippen LogP contribution in [0.5, 0.6) is 17.2 Å². The number of benzene rings is 2. The van der Waals surface area contributed by atoms with Crippen molar-refractivity contribution in [1.82, 2.24) is 9.80 Å². The molecule has 3 fully saturated rings. The number of piperidine rings is 1. The van der Waals surface area contributed by atoms with Gasteiger partial charge < -0.3 is 25.4 Å². The molecular formula is C35H39N3O9. The normalized spacial score (nSPS) is 30.7. The van der Waals surface area contributed by atoms with Crippen LogP contribution in [-0.2, 0) is 32.1 Å². The first kappa shape index (κ1) is 31.5. The number of carbonyl (C=O) groups is 5. The zero-order valence-electron chi connectivity index (χ0n) is 26.7. The lowest BCUT2D eigenvalue weighted by Crippen LogP contribution is -2.74. The average molecular weight is 646 g/mol. The van der Waals surface area contributed by atoms with E-state index in [0.717, 1.165) is 37.1 Å². The zero-order chi connectivity index (χ0) is 33.5. The van der Waals surface area contributed by atoms with Gasteiger partial charge in [0.05, 0.1) is 17.5 Å². The van der Waals surface area contributed by atoms with E-state index in [9.17, 15) is 34.2 Å². The molecule has 1 saturated heterocycles. The third-order valence-electron chi connectivity index (χ3n) is 11.1. The number of carbonyl (C=O) groups excluding carboxylic acids is 5. The molecule has 2 unspecified atom stereocenters. The zero-order valence-corrected chi connectivity index (χ0v) is 26.7. The second kappa shape index (κ2) is 11.2. The molecule has 2 heterocycles. The lowest BCUT2D eigenvalue weighted by atomic mass is 9.52. The van der Waals surface area contributed by atoms with Gasteiger partial charge in [0.25, 0.3) is 0 Å². The van der Waals surface area contributed by atoms with E-state index in [2.05, 4.69) is 11.8 Å². The van der Waals surface area contributed by atoms with Gasteiger partial charge in [0.15, 0.2) is 46.2 Å². The van der Waals surface area contributed by atoms with E-state index in [1.807, 2.05) is 12.1 Å². The Morgan fingerprint density at radius 2 is 1.72 bits per heavy atom. The second-order valence-corrected chi connectivity index (χ2v) is 14.1. The molecule has 1 amide bonds. The number of likely N-dealkylation sites (N-methyl/N-ethyl adjacent to an activating group) is 1. The van der Waals surface area contributed by atoms with Gasteiger partial charge in [-0.25, -0.2) is 0 Å². The van der Waals surface area contributed by atoms with E-state index in [1.54, 1.807) is 20.2 Å². The number of rotatable bonds is 5. The van der Waals surface area contributed by atoms with E-state index >= 15 is 0 Å². The summed E-state index contributed by atoms with van der Waals surface area (Å²) in [5, 5.41) is 22.9. The molecule has 0 aromatic heterocycles. The highest BCUT2D eigenvalue weighted by molar-refractivity contribution is 6.32.